The van der Waals surface area contributed by atoms with Gasteiger partial charge in [-0.1, -0.05) is 6.07 Å². The molecule has 0 saturated heterocycles. The molecule has 0 aliphatic heterocycles. The van der Waals surface area contributed by atoms with Crippen LogP contribution in [-0.2, 0) is 10.0 Å². The number of primary sulfonamides is 1. The van der Waals surface area contributed by atoms with E-state index in [1.54, 1.807) is 44.4 Å². The van der Waals surface area contributed by atoms with E-state index in [0.29, 0.717) is 11.3 Å². The second kappa shape index (κ2) is 8.00. The Balaban J connectivity index is 1.91. The minimum atomic E-state index is -3.86. The molecule has 0 saturated carbocycles. The lowest BCUT2D eigenvalue weighted by Crippen LogP contribution is -2.29. The third-order valence-electron chi connectivity index (χ3n) is 3.50. The molecular weight excluding hydrogens is 344 g/mol. The van der Waals surface area contributed by atoms with Gasteiger partial charge >= 0.3 is 0 Å². The first-order valence-electron chi connectivity index (χ1n) is 7.50. The average molecular weight is 364 g/mol. The van der Waals surface area contributed by atoms with Gasteiger partial charge in [0.05, 0.1) is 18.6 Å². The molecule has 7 nitrogen and oxygen atoms in total. The Hall–Kier alpha value is -2.58. The molecule has 0 fully saturated rings. The molecule has 3 N–H and O–H groups in total. The number of rotatable bonds is 7. The molecule has 0 spiro atoms. The fourth-order valence-electron chi connectivity index (χ4n) is 2.12. The topological polar surface area (TPSA) is 108 Å². The Labute approximate surface area is 146 Å². The number of nitrogens with two attached hydrogens (primary N) is 1. The number of ether oxygens (including phenoxy) is 2. The number of benzene rings is 2. The summed E-state index contributed by atoms with van der Waals surface area (Å²) < 4.78 is 33.4. The lowest BCUT2D eigenvalue weighted by Gasteiger charge is -2.10. The Morgan fingerprint density at radius 1 is 1.12 bits per heavy atom. The van der Waals surface area contributed by atoms with Crippen LogP contribution in [-0.4, -0.2) is 34.6 Å². The molecule has 25 heavy (non-hydrogen) atoms. The van der Waals surface area contributed by atoms with Crippen molar-refractivity contribution >= 4 is 15.9 Å². The molecule has 134 valence electrons. The van der Waals surface area contributed by atoms with Gasteiger partial charge < -0.3 is 14.8 Å². The molecule has 2 aromatic rings. The van der Waals surface area contributed by atoms with Crippen LogP contribution in [0.1, 0.15) is 15.9 Å². The van der Waals surface area contributed by atoms with Crippen LogP contribution in [0, 0.1) is 6.92 Å². The van der Waals surface area contributed by atoms with Gasteiger partial charge in [-0.25, -0.2) is 13.6 Å². The molecule has 0 unspecified atom stereocenters. The summed E-state index contributed by atoms with van der Waals surface area (Å²) in [5, 5.41) is 7.78. The van der Waals surface area contributed by atoms with Crippen molar-refractivity contribution < 1.29 is 22.7 Å². The van der Waals surface area contributed by atoms with Crippen LogP contribution in [0.25, 0.3) is 0 Å². The summed E-state index contributed by atoms with van der Waals surface area (Å²) in [5.41, 5.74) is 0.914. The van der Waals surface area contributed by atoms with Gasteiger partial charge in [0.25, 0.3) is 5.91 Å². The quantitative estimate of drug-likeness (QED) is 0.723. The summed E-state index contributed by atoms with van der Waals surface area (Å²) in [6.45, 7) is 2.26. The number of hydrogen-bond donors (Lipinski definition) is 2. The van der Waals surface area contributed by atoms with Crippen molar-refractivity contribution in [2.75, 3.05) is 20.3 Å². The molecule has 0 aliphatic rings. The molecule has 0 bridgehead atoms. The average Bonchev–Trinajstić information content (AvgIpc) is 2.58. The van der Waals surface area contributed by atoms with Crippen molar-refractivity contribution in [3.05, 3.63) is 53.6 Å². The number of hydrogen-bond acceptors (Lipinski definition) is 5. The maximum atomic E-state index is 12.2. The first-order valence-corrected chi connectivity index (χ1v) is 9.04. The maximum Gasteiger partial charge on any atom is 0.251 e. The smallest absolute Gasteiger partial charge is 0.251 e. The summed E-state index contributed by atoms with van der Waals surface area (Å²) in [4.78, 5) is 12.1. The van der Waals surface area contributed by atoms with E-state index in [-0.39, 0.29) is 29.5 Å². The van der Waals surface area contributed by atoms with Crippen molar-refractivity contribution in [1.29, 1.82) is 0 Å². The number of methoxy groups -OCH3 is 1. The summed E-state index contributed by atoms with van der Waals surface area (Å²) in [6.07, 6.45) is 0. The highest BCUT2D eigenvalue weighted by Crippen LogP contribution is 2.17. The molecule has 1 amide bonds. The number of sulfonamides is 1. The first kappa shape index (κ1) is 18.8. The second-order valence-electron chi connectivity index (χ2n) is 5.30. The van der Waals surface area contributed by atoms with Gasteiger partial charge in [-0.3, -0.25) is 4.79 Å². The van der Waals surface area contributed by atoms with E-state index in [1.807, 2.05) is 0 Å². The fraction of sp³-hybridized carbons (Fsp3) is 0.235. The van der Waals surface area contributed by atoms with Crippen LogP contribution < -0.4 is 19.9 Å². The fourth-order valence-corrected chi connectivity index (χ4v) is 2.66. The maximum absolute atomic E-state index is 12.2. The number of aryl methyl sites for hydroxylation is 1. The number of carbonyl (C=O) groups excluding carboxylic acids is 1. The predicted molar refractivity (Wildman–Crippen MR) is 93.4 cm³/mol. The van der Waals surface area contributed by atoms with E-state index in [9.17, 15) is 13.2 Å². The van der Waals surface area contributed by atoms with E-state index in [4.69, 9.17) is 14.6 Å². The molecule has 2 rings (SSSR count). The van der Waals surface area contributed by atoms with E-state index in [0.717, 1.165) is 5.75 Å². The minimum Gasteiger partial charge on any atom is -0.497 e. The predicted octanol–water partition coefficient (Wildman–Crippen LogP) is 1.46. The number of amides is 1. The van der Waals surface area contributed by atoms with Gasteiger partial charge in [0, 0.05) is 5.56 Å². The normalized spacial score (nSPS) is 11.0. The van der Waals surface area contributed by atoms with Crippen molar-refractivity contribution in [2.45, 2.75) is 11.8 Å². The summed E-state index contributed by atoms with van der Waals surface area (Å²) >= 11 is 0. The van der Waals surface area contributed by atoms with Crippen LogP contribution in [0.4, 0.5) is 0 Å². The molecule has 2 aromatic carbocycles. The number of carbonyl (C=O) groups is 1. The monoisotopic (exact) mass is 364 g/mol. The van der Waals surface area contributed by atoms with Gasteiger partial charge in [-0.15, -0.1) is 0 Å². The Morgan fingerprint density at radius 3 is 2.36 bits per heavy atom. The zero-order valence-electron chi connectivity index (χ0n) is 14.0. The highest BCUT2D eigenvalue weighted by molar-refractivity contribution is 7.89. The molecule has 0 radical (unpaired) electrons. The Bertz CT molecular complexity index is 848. The SMILES string of the molecule is COc1ccc(OCCNC(=O)c2cc(S(N)(=O)=O)ccc2C)cc1. The summed E-state index contributed by atoms with van der Waals surface area (Å²) in [7, 11) is -2.28. The van der Waals surface area contributed by atoms with E-state index in [1.165, 1.54) is 12.1 Å². The summed E-state index contributed by atoms with van der Waals surface area (Å²) in [6, 6.07) is 11.3. The minimum absolute atomic E-state index is 0.0993. The van der Waals surface area contributed by atoms with Gasteiger partial charge in [-0.05, 0) is 48.9 Å². The van der Waals surface area contributed by atoms with Crippen molar-refractivity contribution in [3.63, 3.8) is 0 Å². The lowest BCUT2D eigenvalue weighted by atomic mass is 10.1. The third-order valence-corrected chi connectivity index (χ3v) is 4.41. The van der Waals surface area contributed by atoms with Crippen molar-refractivity contribution in [1.82, 2.24) is 5.32 Å². The van der Waals surface area contributed by atoms with Crippen LogP contribution >= 0.6 is 0 Å². The van der Waals surface area contributed by atoms with Crippen LogP contribution in [0.3, 0.4) is 0 Å². The molecule has 8 heteroatoms. The standard InChI is InChI=1S/C17H20N2O5S/c1-12-3-8-15(25(18,21)22)11-16(12)17(20)19-9-10-24-14-6-4-13(23-2)5-7-14/h3-8,11H,9-10H2,1-2H3,(H,19,20)(H2,18,21,22). The molecule has 0 aromatic heterocycles. The van der Waals surface area contributed by atoms with Gasteiger partial charge in [-0.2, -0.15) is 0 Å². The molecule has 0 aliphatic carbocycles. The second-order valence-corrected chi connectivity index (χ2v) is 6.86. The van der Waals surface area contributed by atoms with Crippen molar-refractivity contribution in [2.24, 2.45) is 5.14 Å². The Kier molecular flexibility index (Phi) is 6.00. The van der Waals surface area contributed by atoms with Gasteiger partial charge in [0.2, 0.25) is 10.0 Å². The van der Waals surface area contributed by atoms with E-state index in [2.05, 4.69) is 5.32 Å². The van der Waals surface area contributed by atoms with Gasteiger partial charge in [0.1, 0.15) is 18.1 Å². The molecular formula is C17H20N2O5S. The number of nitrogens with one attached hydrogen (secondary N) is 1. The Morgan fingerprint density at radius 2 is 1.76 bits per heavy atom. The summed E-state index contributed by atoms with van der Waals surface area (Å²) in [5.74, 6) is 0.995. The zero-order valence-corrected chi connectivity index (χ0v) is 14.8. The lowest BCUT2D eigenvalue weighted by molar-refractivity contribution is 0.0946. The first-order chi connectivity index (χ1) is 11.8. The van der Waals surface area contributed by atoms with Crippen LogP contribution in [0.5, 0.6) is 11.5 Å². The molecule has 0 heterocycles. The van der Waals surface area contributed by atoms with Crippen LogP contribution in [0.2, 0.25) is 0 Å². The van der Waals surface area contributed by atoms with E-state index < -0.39 is 10.0 Å². The highest BCUT2D eigenvalue weighted by atomic mass is 32.2. The third kappa shape index (κ3) is 5.20. The van der Waals surface area contributed by atoms with Gasteiger partial charge in [0.15, 0.2) is 0 Å². The largest absolute Gasteiger partial charge is 0.497 e. The van der Waals surface area contributed by atoms with Crippen molar-refractivity contribution in [3.8, 4) is 11.5 Å². The van der Waals surface area contributed by atoms with E-state index >= 15 is 0 Å². The zero-order chi connectivity index (χ0) is 18.4. The highest BCUT2D eigenvalue weighted by Gasteiger charge is 2.14. The van der Waals surface area contributed by atoms with Crippen LogP contribution in [0.15, 0.2) is 47.4 Å². The molecule has 0 atom stereocenters.